The fourth-order valence-electron chi connectivity index (χ4n) is 2.87. The number of rotatable bonds is 3. The first-order chi connectivity index (χ1) is 12.9. The molecule has 4 nitrogen and oxygen atoms in total. The van der Waals surface area contributed by atoms with Gasteiger partial charge in [0.1, 0.15) is 12.7 Å². The van der Waals surface area contributed by atoms with Crippen molar-refractivity contribution in [2.75, 3.05) is 0 Å². The molecule has 4 aromatic rings. The van der Waals surface area contributed by atoms with Crippen LogP contribution >= 0.6 is 11.6 Å². The number of pyridine rings is 1. The van der Waals surface area contributed by atoms with Crippen molar-refractivity contribution in [3.8, 4) is 5.69 Å². The van der Waals surface area contributed by atoms with Crippen LogP contribution in [0.2, 0.25) is 5.02 Å². The molecule has 8 heteroatoms. The maximum Gasteiger partial charge on any atom is 0.416 e. The van der Waals surface area contributed by atoms with Gasteiger partial charge in [-0.1, -0.05) is 29.8 Å². The summed E-state index contributed by atoms with van der Waals surface area (Å²) in [6.07, 6.45) is -1.11. The van der Waals surface area contributed by atoms with E-state index in [9.17, 15) is 13.2 Å². The summed E-state index contributed by atoms with van der Waals surface area (Å²) in [5.41, 5.74) is 1.87. The second-order valence-electron chi connectivity index (χ2n) is 5.98. The number of nitrogens with zero attached hydrogens (tertiary/aromatic N) is 4. The number of benzene rings is 2. The van der Waals surface area contributed by atoms with Gasteiger partial charge in [-0.2, -0.15) is 18.3 Å². The highest BCUT2D eigenvalue weighted by molar-refractivity contribution is 6.37. The van der Waals surface area contributed by atoms with E-state index in [1.54, 1.807) is 35.3 Å². The molecule has 0 atom stereocenters. The highest BCUT2D eigenvalue weighted by Crippen LogP contribution is 2.31. The van der Waals surface area contributed by atoms with Crippen molar-refractivity contribution in [1.82, 2.24) is 19.7 Å². The van der Waals surface area contributed by atoms with Crippen LogP contribution in [0.1, 0.15) is 16.8 Å². The number of alkyl halides is 3. The second-order valence-corrected chi connectivity index (χ2v) is 6.36. The molecule has 0 radical (unpaired) electrons. The van der Waals surface area contributed by atoms with Gasteiger partial charge in [0.15, 0.2) is 0 Å². The lowest BCUT2D eigenvalue weighted by Gasteiger charge is -2.10. The Morgan fingerprint density at radius 2 is 1.89 bits per heavy atom. The Hall–Kier alpha value is -2.93. The third-order valence-electron chi connectivity index (χ3n) is 4.15. The second kappa shape index (κ2) is 6.66. The van der Waals surface area contributed by atoms with Crippen molar-refractivity contribution in [3.63, 3.8) is 0 Å². The Morgan fingerprint density at radius 3 is 2.63 bits per heavy atom. The van der Waals surface area contributed by atoms with Crippen LogP contribution in [0.25, 0.3) is 16.6 Å². The van der Waals surface area contributed by atoms with Gasteiger partial charge in [0, 0.05) is 17.5 Å². The van der Waals surface area contributed by atoms with E-state index in [0.29, 0.717) is 33.9 Å². The number of aromatic nitrogens is 4. The van der Waals surface area contributed by atoms with Crippen LogP contribution < -0.4 is 0 Å². The average molecular weight is 389 g/mol. The van der Waals surface area contributed by atoms with E-state index in [4.69, 9.17) is 11.6 Å². The Balaban J connectivity index is 1.68. The lowest BCUT2D eigenvalue weighted by atomic mass is 10.0. The van der Waals surface area contributed by atoms with Gasteiger partial charge in [-0.3, -0.25) is 4.98 Å². The first kappa shape index (κ1) is 17.5. The minimum absolute atomic E-state index is 0.294. The number of hydrogen-bond acceptors (Lipinski definition) is 3. The summed E-state index contributed by atoms with van der Waals surface area (Å²) >= 11 is 6.46. The lowest BCUT2D eigenvalue weighted by Crippen LogP contribution is -2.05. The molecule has 2 aromatic heterocycles. The Morgan fingerprint density at radius 1 is 1.04 bits per heavy atom. The van der Waals surface area contributed by atoms with Crippen molar-refractivity contribution in [2.45, 2.75) is 12.6 Å². The van der Waals surface area contributed by atoms with Gasteiger partial charge < -0.3 is 0 Å². The van der Waals surface area contributed by atoms with Crippen molar-refractivity contribution in [3.05, 3.63) is 83.0 Å². The Labute approximate surface area is 157 Å². The van der Waals surface area contributed by atoms with E-state index in [2.05, 4.69) is 15.1 Å². The fraction of sp³-hybridized carbons (Fsp3) is 0.105. The highest BCUT2D eigenvalue weighted by atomic mass is 35.5. The van der Waals surface area contributed by atoms with Gasteiger partial charge in [-0.15, -0.1) is 0 Å². The van der Waals surface area contributed by atoms with Crippen molar-refractivity contribution >= 4 is 22.5 Å². The van der Waals surface area contributed by atoms with Crippen LogP contribution in [-0.4, -0.2) is 19.7 Å². The molecule has 0 N–H and O–H groups in total. The molecule has 0 aliphatic carbocycles. The molecule has 0 fully saturated rings. The molecular formula is C19H12ClF3N4. The zero-order chi connectivity index (χ0) is 19.0. The average Bonchev–Trinajstić information content (AvgIpc) is 3.16. The van der Waals surface area contributed by atoms with E-state index in [0.717, 1.165) is 17.5 Å². The standard InChI is InChI=1S/C19H12ClF3N4/c20-18-15-5-4-14(9-12-2-1-3-13(8-12)19(21,22)23)26-16(15)6-7-17(18)27-11-24-10-25-27/h1-8,10-11H,9H2. The topological polar surface area (TPSA) is 43.6 Å². The summed E-state index contributed by atoms with van der Waals surface area (Å²) < 4.78 is 40.2. The normalized spacial score (nSPS) is 11.9. The molecule has 2 aromatic carbocycles. The van der Waals surface area contributed by atoms with E-state index in [1.807, 2.05) is 6.07 Å². The van der Waals surface area contributed by atoms with Crippen LogP contribution in [0.3, 0.4) is 0 Å². The first-order valence-corrected chi connectivity index (χ1v) is 8.39. The number of hydrogen-bond donors (Lipinski definition) is 0. The largest absolute Gasteiger partial charge is 0.416 e. The maximum absolute atomic E-state index is 12.9. The first-order valence-electron chi connectivity index (χ1n) is 8.01. The summed E-state index contributed by atoms with van der Waals surface area (Å²) in [7, 11) is 0. The molecule has 0 spiro atoms. The molecule has 0 aliphatic rings. The molecule has 0 bridgehead atoms. The van der Waals surface area contributed by atoms with Crippen LogP contribution in [0, 0.1) is 0 Å². The zero-order valence-corrected chi connectivity index (χ0v) is 14.5. The zero-order valence-electron chi connectivity index (χ0n) is 13.8. The van der Waals surface area contributed by atoms with E-state index in [1.165, 1.54) is 12.4 Å². The molecular weight excluding hydrogens is 377 g/mol. The van der Waals surface area contributed by atoms with Gasteiger partial charge in [0.05, 0.1) is 21.8 Å². The minimum Gasteiger partial charge on any atom is -0.252 e. The van der Waals surface area contributed by atoms with Crippen LogP contribution in [-0.2, 0) is 12.6 Å². The minimum atomic E-state index is -4.36. The van der Waals surface area contributed by atoms with Gasteiger partial charge in [0.2, 0.25) is 0 Å². The molecule has 0 aliphatic heterocycles. The highest BCUT2D eigenvalue weighted by Gasteiger charge is 2.30. The molecule has 0 saturated heterocycles. The maximum atomic E-state index is 12.9. The molecule has 2 heterocycles. The van der Waals surface area contributed by atoms with E-state index >= 15 is 0 Å². The molecule has 136 valence electrons. The predicted molar refractivity (Wildman–Crippen MR) is 95.9 cm³/mol. The number of halogens is 4. The fourth-order valence-corrected chi connectivity index (χ4v) is 3.18. The van der Waals surface area contributed by atoms with Gasteiger partial charge in [0.25, 0.3) is 0 Å². The molecule has 27 heavy (non-hydrogen) atoms. The molecule has 0 amide bonds. The lowest BCUT2D eigenvalue weighted by molar-refractivity contribution is -0.137. The quantitative estimate of drug-likeness (QED) is 0.491. The molecule has 0 unspecified atom stereocenters. The van der Waals surface area contributed by atoms with Gasteiger partial charge in [-0.25, -0.2) is 9.67 Å². The molecule has 0 saturated carbocycles. The third kappa shape index (κ3) is 3.50. The van der Waals surface area contributed by atoms with Gasteiger partial charge in [-0.05, 0) is 35.9 Å². The van der Waals surface area contributed by atoms with Crippen molar-refractivity contribution < 1.29 is 13.2 Å². The van der Waals surface area contributed by atoms with Crippen molar-refractivity contribution in [1.29, 1.82) is 0 Å². The van der Waals surface area contributed by atoms with E-state index in [-0.39, 0.29) is 0 Å². The number of fused-ring (bicyclic) bond motifs is 1. The van der Waals surface area contributed by atoms with Crippen molar-refractivity contribution in [2.24, 2.45) is 0 Å². The Kier molecular flexibility index (Phi) is 4.31. The monoisotopic (exact) mass is 388 g/mol. The van der Waals surface area contributed by atoms with Crippen LogP contribution in [0.4, 0.5) is 13.2 Å². The van der Waals surface area contributed by atoms with E-state index < -0.39 is 11.7 Å². The van der Waals surface area contributed by atoms with Gasteiger partial charge >= 0.3 is 6.18 Å². The van der Waals surface area contributed by atoms with Crippen LogP contribution in [0.5, 0.6) is 0 Å². The summed E-state index contributed by atoms with van der Waals surface area (Å²) in [5.74, 6) is 0. The summed E-state index contributed by atoms with van der Waals surface area (Å²) in [5, 5.41) is 5.28. The smallest absolute Gasteiger partial charge is 0.252 e. The van der Waals surface area contributed by atoms with Crippen LogP contribution in [0.15, 0.2) is 61.2 Å². The molecule has 4 rings (SSSR count). The SMILES string of the molecule is FC(F)(F)c1cccc(Cc2ccc3c(Cl)c(-n4cncn4)ccc3n2)c1. The Bertz CT molecular complexity index is 1110. The summed E-state index contributed by atoms with van der Waals surface area (Å²) in [6.45, 7) is 0. The summed E-state index contributed by atoms with van der Waals surface area (Å²) in [6, 6.07) is 12.4. The summed E-state index contributed by atoms with van der Waals surface area (Å²) in [4.78, 5) is 8.44. The predicted octanol–water partition coefficient (Wildman–Crippen LogP) is 5.08. The third-order valence-corrected chi connectivity index (χ3v) is 4.55.